The molecule has 0 spiro atoms. The van der Waals surface area contributed by atoms with Gasteiger partial charge in [-0.2, -0.15) is 0 Å². The van der Waals surface area contributed by atoms with E-state index in [1.807, 2.05) is 24.3 Å². The molecule has 0 aliphatic heterocycles. The van der Waals surface area contributed by atoms with Crippen LogP contribution in [0.3, 0.4) is 0 Å². The monoisotopic (exact) mass is 207 g/mol. The number of halogens is 1. The van der Waals surface area contributed by atoms with Crippen LogP contribution in [0.5, 0.6) is 0 Å². The summed E-state index contributed by atoms with van der Waals surface area (Å²) in [5, 5.41) is 10.4. The first-order valence-electron chi connectivity index (χ1n) is 4.45. The number of aromatic nitrogens is 1. The maximum Gasteiger partial charge on any atom is 0.129 e. The molecule has 0 saturated carbocycles. The number of hydrogen-bond acceptors (Lipinski definition) is 2. The summed E-state index contributed by atoms with van der Waals surface area (Å²) in [6.07, 6.45) is 0.679. The Bertz CT molecular complexity index is 456. The molecule has 14 heavy (non-hydrogen) atoms. The van der Waals surface area contributed by atoms with E-state index >= 15 is 0 Å². The minimum Gasteiger partial charge on any atom is -0.396 e. The van der Waals surface area contributed by atoms with Gasteiger partial charge in [0.25, 0.3) is 0 Å². The molecule has 0 unspecified atom stereocenters. The van der Waals surface area contributed by atoms with E-state index in [2.05, 4.69) is 4.98 Å². The number of hydrogen-bond donors (Lipinski definition) is 1. The maximum atomic E-state index is 8.80. The number of nitrogens with zero attached hydrogens (tertiary/aromatic N) is 1. The number of fused-ring (bicyclic) bond motifs is 1. The van der Waals surface area contributed by atoms with Crippen LogP contribution in [-0.2, 0) is 6.42 Å². The lowest BCUT2D eigenvalue weighted by Gasteiger charge is -2.01. The van der Waals surface area contributed by atoms with E-state index in [1.54, 1.807) is 6.07 Å². The third-order valence-corrected chi connectivity index (χ3v) is 2.33. The average Bonchev–Trinajstić information content (AvgIpc) is 2.19. The summed E-state index contributed by atoms with van der Waals surface area (Å²) in [6, 6.07) is 9.61. The van der Waals surface area contributed by atoms with Gasteiger partial charge in [-0.1, -0.05) is 17.7 Å². The van der Waals surface area contributed by atoms with E-state index in [9.17, 15) is 0 Å². The van der Waals surface area contributed by atoms with E-state index in [0.717, 1.165) is 16.5 Å². The average molecular weight is 208 g/mol. The number of pyridine rings is 1. The second kappa shape index (κ2) is 3.95. The maximum absolute atomic E-state index is 8.80. The van der Waals surface area contributed by atoms with Gasteiger partial charge < -0.3 is 5.11 Å². The van der Waals surface area contributed by atoms with Crippen LogP contribution in [0.25, 0.3) is 10.9 Å². The van der Waals surface area contributed by atoms with Crippen LogP contribution in [0.1, 0.15) is 5.56 Å². The first-order valence-corrected chi connectivity index (χ1v) is 4.83. The lowest BCUT2D eigenvalue weighted by atomic mass is 10.1. The van der Waals surface area contributed by atoms with Crippen molar-refractivity contribution in [2.24, 2.45) is 0 Å². The topological polar surface area (TPSA) is 33.1 Å². The SMILES string of the molecule is OCCc1ccc2nc(Cl)ccc2c1. The molecular weight excluding hydrogens is 198 g/mol. The Morgan fingerprint density at radius 3 is 2.86 bits per heavy atom. The van der Waals surface area contributed by atoms with Crippen molar-refractivity contribution in [3.05, 3.63) is 41.0 Å². The van der Waals surface area contributed by atoms with Gasteiger partial charge in [-0.3, -0.25) is 0 Å². The van der Waals surface area contributed by atoms with Gasteiger partial charge >= 0.3 is 0 Å². The first kappa shape index (κ1) is 9.44. The summed E-state index contributed by atoms with van der Waals surface area (Å²) in [6.45, 7) is 0.173. The summed E-state index contributed by atoms with van der Waals surface area (Å²) in [5.74, 6) is 0. The lowest BCUT2D eigenvalue weighted by Crippen LogP contribution is -1.90. The van der Waals surface area contributed by atoms with Crippen LogP contribution in [0.2, 0.25) is 5.15 Å². The standard InChI is InChI=1S/C11H10ClNO/c12-11-4-2-9-7-8(5-6-14)1-3-10(9)13-11/h1-4,7,14H,5-6H2. The van der Waals surface area contributed by atoms with E-state index in [0.29, 0.717) is 11.6 Å². The zero-order chi connectivity index (χ0) is 9.97. The summed E-state index contributed by atoms with van der Waals surface area (Å²) in [4.78, 5) is 4.18. The van der Waals surface area contributed by atoms with E-state index in [4.69, 9.17) is 16.7 Å². The molecule has 0 bridgehead atoms. The zero-order valence-corrected chi connectivity index (χ0v) is 8.33. The highest BCUT2D eigenvalue weighted by atomic mass is 35.5. The molecule has 0 amide bonds. The van der Waals surface area contributed by atoms with Gasteiger partial charge in [0.2, 0.25) is 0 Å². The van der Waals surface area contributed by atoms with Crippen LogP contribution in [-0.4, -0.2) is 16.7 Å². The Hall–Kier alpha value is -1.12. The van der Waals surface area contributed by atoms with Crippen molar-refractivity contribution in [2.45, 2.75) is 6.42 Å². The Kier molecular flexibility index (Phi) is 2.66. The van der Waals surface area contributed by atoms with Crippen molar-refractivity contribution in [3.8, 4) is 0 Å². The quantitative estimate of drug-likeness (QED) is 0.768. The predicted molar refractivity (Wildman–Crippen MR) is 57.5 cm³/mol. The molecule has 1 aromatic carbocycles. The number of aliphatic hydroxyl groups excluding tert-OH is 1. The van der Waals surface area contributed by atoms with Crippen LogP contribution < -0.4 is 0 Å². The Morgan fingerprint density at radius 2 is 2.07 bits per heavy atom. The molecule has 0 saturated heterocycles. The molecule has 1 heterocycles. The van der Waals surface area contributed by atoms with Crippen LogP contribution in [0.15, 0.2) is 30.3 Å². The molecule has 0 atom stereocenters. The molecule has 2 aromatic rings. The van der Waals surface area contributed by atoms with Crippen molar-refractivity contribution in [1.82, 2.24) is 4.98 Å². The fourth-order valence-electron chi connectivity index (χ4n) is 1.43. The fraction of sp³-hybridized carbons (Fsp3) is 0.182. The van der Waals surface area contributed by atoms with Crippen LogP contribution >= 0.6 is 11.6 Å². The summed E-state index contributed by atoms with van der Waals surface area (Å²) in [5.41, 5.74) is 2.00. The van der Waals surface area contributed by atoms with Crippen molar-refractivity contribution in [3.63, 3.8) is 0 Å². The van der Waals surface area contributed by atoms with Gasteiger partial charge in [0.15, 0.2) is 0 Å². The van der Waals surface area contributed by atoms with Crippen LogP contribution in [0.4, 0.5) is 0 Å². The molecule has 0 fully saturated rings. The van der Waals surface area contributed by atoms with Crippen molar-refractivity contribution in [1.29, 1.82) is 0 Å². The van der Waals surface area contributed by atoms with Gasteiger partial charge in [-0.05, 0) is 36.2 Å². The second-order valence-electron chi connectivity index (χ2n) is 3.13. The summed E-state index contributed by atoms with van der Waals surface area (Å²) >= 11 is 5.77. The molecule has 0 aliphatic rings. The molecule has 2 nitrogen and oxygen atoms in total. The minimum atomic E-state index is 0.173. The Balaban J connectivity index is 2.50. The highest BCUT2D eigenvalue weighted by Crippen LogP contribution is 2.17. The molecule has 0 aliphatic carbocycles. The molecule has 2 rings (SSSR count). The number of aliphatic hydroxyl groups is 1. The third-order valence-electron chi connectivity index (χ3n) is 2.12. The van der Waals surface area contributed by atoms with Gasteiger partial charge in [-0.15, -0.1) is 0 Å². The zero-order valence-electron chi connectivity index (χ0n) is 7.57. The van der Waals surface area contributed by atoms with E-state index in [-0.39, 0.29) is 6.61 Å². The predicted octanol–water partition coefficient (Wildman–Crippen LogP) is 2.42. The van der Waals surface area contributed by atoms with Crippen molar-refractivity contribution >= 4 is 22.5 Å². The molecule has 1 N–H and O–H groups in total. The number of benzene rings is 1. The molecule has 0 radical (unpaired) electrons. The minimum absolute atomic E-state index is 0.173. The molecule has 3 heteroatoms. The highest BCUT2D eigenvalue weighted by Gasteiger charge is 1.98. The van der Waals surface area contributed by atoms with Gasteiger partial charge in [0.05, 0.1) is 5.52 Å². The van der Waals surface area contributed by atoms with Gasteiger partial charge in [-0.25, -0.2) is 4.98 Å². The summed E-state index contributed by atoms with van der Waals surface area (Å²) < 4.78 is 0. The van der Waals surface area contributed by atoms with Crippen molar-refractivity contribution in [2.75, 3.05) is 6.61 Å². The largest absolute Gasteiger partial charge is 0.396 e. The van der Waals surface area contributed by atoms with Gasteiger partial charge in [0.1, 0.15) is 5.15 Å². The Labute approximate surface area is 87.2 Å². The second-order valence-corrected chi connectivity index (χ2v) is 3.52. The van der Waals surface area contributed by atoms with Crippen LogP contribution in [0, 0.1) is 0 Å². The smallest absolute Gasteiger partial charge is 0.129 e. The molecule has 72 valence electrons. The number of rotatable bonds is 2. The first-order chi connectivity index (χ1) is 6.79. The third kappa shape index (κ3) is 1.86. The van der Waals surface area contributed by atoms with E-state index < -0.39 is 0 Å². The fourth-order valence-corrected chi connectivity index (χ4v) is 1.59. The lowest BCUT2D eigenvalue weighted by molar-refractivity contribution is 0.299. The highest BCUT2D eigenvalue weighted by molar-refractivity contribution is 6.29. The normalized spacial score (nSPS) is 10.7. The van der Waals surface area contributed by atoms with Gasteiger partial charge in [0, 0.05) is 12.0 Å². The molecular formula is C11H10ClNO. The van der Waals surface area contributed by atoms with Crippen molar-refractivity contribution < 1.29 is 5.11 Å². The van der Waals surface area contributed by atoms with E-state index in [1.165, 1.54) is 0 Å². The molecule has 1 aromatic heterocycles. The summed E-state index contributed by atoms with van der Waals surface area (Å²) in [7, 11) is 0. The Morgan fingerprint density at radius 1 is 1.21 bits per heavy atom.